The summed E-state index contributed by atoms with van der Waals surface area (Å²) in [5.74, 6) is -0.479. The van der Waals surface area contributed by atoms with Crippen molar-refractivity contribution in [3.8, 4) is 0 Å². The molecule has 2 aromatic rings. The van der Waals surface area contributed by atoms with E-state index in [1.807, 2.05) is 29.2 Å². The first-order valence-corrected chi connectivity index (χ1v) is 12.9. The van der Waals surface area contributed by atoms with Gasteiger partial charge in [0.15, 0.2) is 0 Å². The molecule has 2 aliphatic rings. The van der Waals surface area contributed by atoms with E-state index < -0.39 is 0 Å². The molecule has 2 aliphatic heterocycles. The molecular formula is C28H35FN4O3. The average molecular weight is 495 g/mol. The van der Waals surface area contributed by atoms with Gasteiger partial charge >= 0.3 is 0 Å². The standard InChI is InChI=1S/C28H35FN4O3/c29-25-11-5-4-9-24(25)21-31-17-19-33(20-18-31)28(36)23-10-6-15-32(16-13-26(34)30-14-12-23)27(35)22-7-2-1-3-8-22/h1-5,7-9,11,23H,6,10,12-21H2,(H,30,34). The van der Waals surface area contributed by atoms with E-state index in [9.17, 15) is 18.8 Å². The molecule has 0 bridgehead atoms. The predicted octanol–water partition coefficient (Wildman–Crippen LogP) is 2.92. The third-order valence-corrected chi connectivity index (χ3v) is 7.10. The summed E-state index contributed by atoms with van der Waals surface area (Å²) in [7, 11) is 0. The zero-order valence-electron chi connectivity index (χ0n) is 20.7. The van der Waals surface area contributed by atoms with Gasteiger partial charge in [-0.2, -0.15) is 0 Å². The maximum Gasteiger partial charge on any atom is 0.253 e. The van der Waals surface area contributed by atoms with E-state index in [1.165, 1.54) is 6.07 Å². The first-order chi connectivity index (χ1) is 17.5. The molecule has 1 atom stereocenters. The molecule has 0 radical (unpaired) electrons. The monoisotopic (exact) mass is 494 g/mol. The Labute approximate surface area is 212 Å². The predicted molar refractivity (Wildman–Crippen MR) is 136 cm³/mol. The molecule has 0 saturated carbocycles. The van der Waals surface area contributed by atoms with Gasteiger partial charge in [0, 0.05) is 75.8 Å². The fourth-order valence-electron chi connectivity index (χ4n) is 4.96. The minimum Gasteiger partial charge on any atom is -0.356 e. The highest BCUT2D eigenvalue weighted by Gasteiger charge is 2.28. The Morgan fingerprint density at radius 3 is 2.33 bits per heavy atom. The summed E-state index contributed by atoms with van der Waals surface area (Å²) < 4.78 is 14.0. The molecule has 2 heterocycles. The first kappa shape index (κ1) is 25.8. The smallest absolute Gasteiger partial charge is 0.253 e. The highest BCUT2D eigenvalue weighted by Crippen LogP contribution is 2.19. The number of hydrogen-bond donors (Lipinski definition) is 1. The summed E-state index contributed by atoms with van der Waals surface area (Å²) in [6, 6.07) is 15.9. The largest absolute Gasteiger partial charge is 0.356 e. The van der Waals surface area contributed by atoms with Gasteiger partial charge in [-0.25, -0.2) is 4.39 Å². The molecule has 0 spiro atoms. The SMILES string of the molecule is O=C1CCN(C(=O)c2ccccc2)CCCC(C(=O)N2CCN(Cc3ccccc3F)CC2)CCN1. The molecule has 7 nitrogen and oxygen atoms in total. The Morgan fingerprint density at radius 1 is 0.861 bits per heavy atom. The Hall–Kier alpha value is -3.26. The Kier molecular flexibility index (Phi) is 9.06. The second kappa shape index (κ2) is 12.6. The summed E-state index contributed by atoms with van der Waals surface area (Å²) in [4.78, 5) is 44.5. The van der Waals surface area contributed by atoms with Crippen LogP contribution in [0.2, 0.25) is 0 Å². The van der Waals surface area contributed by atoms with Crippen LogP contribution in [-0.2, 0) is 16.1 Å². The van der Waals surface area contributed by atoms with Crippen LogP contribution in [0.3, 0.4) is 0 Å². The second-order valence-electron chi connectivity index (χ2n) is 9.58. The van der Waals surface area contributed by atoms with Crippen LogP contribution in [0.4, 0.5) is 4.39 Å². The van der Waals surface area contributed by atoms with Crippen LogP contribution in [0, 0.1) is 11.7 Å². The first-order valence-electron chi connectivity index (χ1n) is 12.9. The summed E-state index contributed by atoms with van der Waals surface area (Å²) in [5, 5.41) is 2.92. The Bertz CT molecular complexity index is 1040. The number of rotatable bonds is 4. The minimum absolute atomic E-state index is 0.0866. The van der Waals surface area contributed by atoms with Gasteiger partial charge in [-0.1, -0.05) is 36.4 Å². The average Bonchev–Trinajstić information content (AvgIpc) is 2.95. The number of hydrogen-bond acceptors (Lipinski definition) is 4. The van der Waals surface area contributed by atoms with Crippen molar-refractivity contribution in [3.05, 3.63) is 71.5 Å². The van der Waals surface area contributed by atoms with Gasteiger partial charge < -0.3 is 15.1 Å². The molecule has 192 valence electrons. The van der Waals surface area contributed by atoms with E-state index in [0.717, 1.165) is 0 Å². The number of carbonyl (C=O) groups excluding carboxylic acids is 3. The van der Waals surface area contributed by atoms with Crippen molar-refractivity contribution in [2.24, 2.45) is 5.92 Å². The van der Waals surface area contributed by atoms with Crippen molar-refractivity contribution in [2.75, 3.05) is 45.8 Å². The van der Waals surface area contributed by atoms with Gasteiger partial charge in [-0.15, -0.1) is 0 Å². The zero-order valence-corrected chi connectivity index (χ0v) is 20.7. The zero-order chi connectivity index (χ0) is 25.3. The molecular weight excluding hydrogens is 459 g/mol. The van der Waals surface area contributed by atoms with Crippen molar-refractivity contribution in [2.45, 2.75) is 32.2 Å². The highest BCUT2D eigenvalue weighted by molar-refractivity contribution is 5.94. The number of benzene rings is 2. The van der Waals surface area contributed by atoms with Gasteiger partial charge in [0.2, 0.25) is 11.8 Å². The molecule has 8 heteroatoms. The fraction of sp³-hybridized carbons (Fsp3) is 0.464. The van der Waals surface area contributed by atoms with Crippen molar-refractivity contribution in [1.29, 1.82) is 0 Å². The quantitative estimate of drug-likeness (QED) is 0.710. The molecule has 2 saturated heterocycles. The maximum atomic E-state index is 14.0. The van der Waals surface area contributed by atoms with Crippen LogP contribution in [0.25, 0.3) is 0 Å². The number of halogens is 1. The molecule has 0 aliphatic carbocycles. The van der Waals surface area contributed by atoms with Gasteiger partial charge in [-0.3, -0.25) is 19.3 Å². The van der Waals surface area contributed by atoms with Crippen molar-refractivity contribution >= 4 is 17.7 Å². The van der Waals surface area contributed by atoms with Crippen molar-refractivity contribution < 1.29 is 18.8 Å². The summed E-state index contributed by atoms with van der Waals surface area (Å²) in [5.41, 5.74) is 1.28. The van der Waals surface area contributed by atoms with Gasteiger partial charge in [-0.05, 0) is 37.5 Å². The van der Waals surface area contributed by atoms with E-state index >= 15 is 0 Å². The highest BCUT2D eigenvalue weighted by atomic mass is 19.1. The molecule has 4 rings (SSSR count). The van der Waals surface area contributed by atoms with Crippen LogP contribution in [0.1, 0.15) is 41.6 Å². The molecule has 1 N–H and O–H groups in total. The van der Waals surface area contributed by atoms with Gasteiger partial charge in [0.1, 0.15) is 5.82 Å². The summed E-state index contributed by atoms with van der Waals surface area (Å²) in [6.07, 6.45) is 2.22. The van der Waals surface area contributed by atoms with Crippen LogP contribution in [0.15, 0.2) is 54.6 Å². The molecule has 0 aromatic heterocycles. The number of nitrogens with zero attached hydrogens (tertiary/aromatic N) is 3. The van der Waals surface area contributed by atoms with Gasteiger partial charge in [0.25, 0.3) is 5.91 Å². The normalized spacial score (nSPS) is 20.4. The topological polar surface area (TPSA) is 73.0 Å². The number of amides is 3. The molecule has 1 unspecified atom stereocenters. The number of nitrogens with one attached hydrogen (secondary N) is 1. The maximum absolute atomic E-state index is 14.0. The molecule has 36 heavy (non-hydrogen) atoms. The molecule has 3 amide bonds. The number of carbonyl (C=O) groups is 3. The Balaban J connectivity index is 1.33. The Morgan fingerprint density at radius 2 is 1.58 bits per heavy atom. The lowest BCUT2D eigenvalue weighted by Gasteiger charge is -2.36. The minimum atomic E-state index is -0.199. The lowest BCUT2D eigenvalue weighted by atomic mass is 9.96. The van der Waals surface area contributed by atoms with Crippen LogP contribution in [0.5, 0.6) is 0 Å². The van der Waals surface area contributed by atoms with E-state index in [-0.39, 0.29) is 35.9 Å². The van der Waals surface area contributed by atoms with Gasteiger partial charge in [0.05, 0.1) is 0 Å². The lowest BCUT2D eigenvalue weighted by molar-refractivity contribution is -0.138. The van der Waals surface area contributed by atoms with Crippen LogP contribution in [-0.4, -0.2) is 78.2 Å². The summed E-state index contributed by atoms with van der Waals surface area (Å²) in [6.45, 7) is 4.48. The molecule has 2 aromatic carbocycles. The van der Waals surface area contributed by atoms with Crippen LogP contribution >= 0.6 is 0 Å². The summed E-state index contributed by atoms with van der Waals surface area (Å²) >= 11 is 0. The van der Waals surface area contributed by atoms with Crippen molar-refractivity contribution in [1.82, 2.24) is 20.0 Å². The number of piperazine rings is 1. The van der Waals surface area contributed by atoms with E-state index in [1.54, 1.807) is 29.2 Å². The third-order valence-electron chi connectivity index (χ3n) is 7.10. The van der Waals surface area contributed by atoms with E-state index in [2.05, 4.69) is 10.2 Å². The fourth-order valence-corrected chi connectivity index (χ4v) is 4.96. The molecule has 2 fully saturated rings. The lowest BCUT2D eigenvalue weighted by Crippen LogP contribution is -2.50. The van der Waals surface area contributed by atoms with Crippen molar-refractivity contribution in [3.63, 3.8) is 0 Å². The third kappa shape index (κ3) is 6.91. The van der Waals surface area contributed by atoms with Crippen LogP contribution < -0.4 is 5.32 Å². The second-order valence-corrected chi connectivity index (χ2v) is 9.58. The van der Waals surface area contributed by atoms with E-state index in [4.69, 9.17) is 0 Å². The van der Waals surface area contributed by atoms with E-state index in [0.29, 0.717) is 82.7 Å².